The average molecular weight is 330 g/mol. The Bertz CT molecular complexity index is 875. The van der Waals surface area contributed by atoms with Crippen molar-refractivity contribution in [1.29, 1.82) is 0 Å². The first-order valence-corrected chi connectivity index (χ1v) is 9.23. The van der Waals surface area contributed by atoms with Crippen molar-refractivity contribution in [3.05, 3.63) is 53.6 Å². The SMILES string of the molecule is CC(=O)N1c2ccccc2CCc2ccc(NS(C)(=O)=O)cc21. The van der Waals surface area contributed by atoms with Gasteiger partial charge in [-0.1, -0.05) is 24.3 Å². The van der Waals surface area contributed by atoms with E-state index in [1.165, 1.54) is 6.92 Å². The van der Waals surface area contributed by atoms with E-state index in [-0.39, 0.29) is 5.91 Å². The van der Waals surface area contributed by atoms with Gasteiger partial charge in [0.05, 0.1) is 23.3 Å². The van der Waals surface area contributed by atoms with Crippen molar-refractivity contribution in [2.24, 2.45) is 0 Å². The molecule has 23 heavy (non-hydrogen) atoms. The Morgan fingerprint density at radius 2 is 1.70 bits per heavy atom. The van der Waals surface area contributed by atoms with Gasteiger partial charge in [0.1, 0.15) is 0 Å². The lowest BCUT2D eigenvalue weighted by Crippen LogP contribution is -2.24. The van der Waals surface area contributed by atoms with E-state index < -0.39 is 10.0 Å². The first kappa shape index (κ1) is 15.6. The minimum Gasteiger partial charge on any atom is -0.284 e. The molecule has 0 aliphatic carbocycles. The first-order valence-electron chi connectivity index (χ1n) is 7.34. The maximum Gasteiger partial charge on any atom is 0.229 e. The van der Waals surface area contributed by atoms with Crippen LogP contribution in [0.3, 0.4) is 0 Å². The number of aryl methyl sites for hydroxylation is 2. The van der Waals surface area contributed by atoms with Crippen LogP contribution in [0.15, 0.2) is 42.5 Å². The normalized spacial score (nSPS) is 13.7. The highest BCUT2D eigenvalue weighted by atomic mass is 32.2. The zero-order valence-corrected chi connectivity index (χ0v) is 13.9. The van der Waals surface area contributed by atoms with Gasteiger partial charge in [0.2, 0.25) is 15.9 Å². The molecule has 0 aromatic heterocycles. The molecule has 1 heterocycles. The molecule has 1 N–H and O–H groups in total. The summed E-state index contributed by atoms with van der Waals surface area (Å²) in [5, 5.41) is 0. The van der Waals surface area contributed by atoms with Gasteiger partial charge in [-0.15, -0.1) is 0 Å². The number of carbonyl (C=O) groups excluding carboxylic acids is 1. The van der Waals surface area contributed by atoms with Crippen molar-refractivity contribution < 1.29 is 13.2 Å². The Balaban J connectivity index is 2.16. The molecule has 1 aliphatic heterocycles. The monoisotopic (exact) mass is 330 g/mol. The van der Waals surface area contributed by atoms with Gasteiger partial charge in [-0.25, -0.2) is 8.42 Å². The van der Waals surface area contributed by atoms with Gasteiger partial charge in [0.15, 0.2) is 0 Å². The predicted molar refractivity (Wildman–Crippen MR) is 91.6 cm³/mol. The Labute approximate surface area is 136 Å². The average Bonchev–Trinajstić information content (AvgIpc) is 2.61. The van der Waals surface area contributed by atoms with Crippen molar-refractivity contribution in [2.75, 3.05) is 15.9 Å². The van der Waals surface area contributed by atoms with Crippen LogP contribution < -0.4 is 9.62 Å². The summed E-state index contributed by atoms with van der Waals surface area (Å²) >= 11 is 0. The zero-order valence-electron chi connectivity index (χ0n) is 13.0. The van der Waals surface area contributed by atoms with E-state index in [1.54, 1.807) is 17.0 Å². The fourth-order valence-corrected chi connectivity index (χ4v) is 3.49. The van der Waals surface area contributed by atoms with Crippen LogP contribution in [-0.4, -0.2) is 20.6 Å². The van der Waals surface area contributed by atoms with E-state index in [1.807, 2.05) is 30.3 Å². The molecule has 0 bridgehead atoms. The summed E-state index contributed by atoms with van der Waals surface area (Å²) < 4.78 is 25.4. The number of hydrogen-bond acceptors (Lipinski definition) is 3. The van der Waals surface area contributed by atoms with E-state index in [2.05, 4.69) is 4.72 Å². The highest BCUT2D eigenvalue weighted by molar-refractivity contribution is 7.92. The third kappa shape index (κ3) is 3.22. The first-order chi connectivity index (χ1) is 10.8. The molecule has 0 radical (unpaired) electrons. The lowest BCUT2D eigenvalue weighted by Gasteiger charge is -2.24. The van der Waals surface area contributed by atoms with Crippen LogP contribution in [0.2, 0.25) is 0 Å². The summed E-state index contributed by atoms with van der Waals surface area (Å²) in [6.45, 7) is 1.52. The topological polar surface area (TPSA) is 66.5 Å². The van der Waals surface area contributed by atoms with Crippen LogP contribution in [0.1, 0.15) is 18.1 Å². The van der Waals surface area contributed by atoms with E-state index in [0.29, 0.717) is 5.69 Å². The van der Waals surface area contributed by atoms with Crippen molar-refractivity contribution >= 4 is 33.0 Å². The highest BCUT2D eigenvalue weighted by Crippen LogP contribution is 2.37. The number of benzene rings is 2. The number of amides is 1. The molecule has 6 heteroatoms. The van der Waals surface area contributed by atoms with E-state index in [9.17, 15) is 13.2 Å². The summed E-state index contributed by atoms with van der Waals surface area (Å²) in [6, 6.07) is 13.1. The Kier molecular flexibility index (Phi) is 3.85. The molecule has 3 rings (SSSR count). The number of anilines is 3. The number of fused-ring (bicyclic) bond motifs is 2. The lowest BCUT2D eigenvalue weighted by atomic mass is 10.0. The zero-order chi connectivity index (χ0) is 16.6. The minimum atomic E-state index is -3.36. The van der Waals surface area contributed by atoms with Crippen LogP contribution >= 0.6 is 0 Å². The Morgan fingerprint density at radius 3 is 2.35 bits per heavy atom. The van der Waals surface area contributed by atoms with Crippen LogP contribution in [0.4, 0.5) is 17.1 Å². The minimum absolute atomic E-state index is 0.0999. The number of nitrogens with one attached hydrogen (secondary N) is 1. The third-order valence-corrected chi connectivity index (χ3v) is 4.45. The number of carbonyl (C=O) groups is 1. The van der Waals surface area contributed by atoms with Crippen LogP contribution in [0.25, 0.3) is 0 Å². The second-order valence-corrected chi connectivity index (χ2v) is 7.45. The molecule has 120 valence electrons. The van der Waals surface area contributed by atoms with Crippen LogP contribution in [-0.2, 0) is 27.7 Å². The Morgan fingerprint density at radius 1 is 1.04 bits per heavy atom. The van der Waals surface area contributed by atoms with E-state index in [4.69, 9.17) is 0 Å². The quantitative estimate of drug-likeness (QED) is 0.921. The molecular weight excluding hydrogens is 312 g/mol. The third-order valence-electron chi connectivity index (χ3n) is 3.84. The fourth-order valence-electron chi connectivity index (χ4n) is 2.94. The van der Waals surface area contributed by atoms with Crippen molar-refractivity contribution in [3.63, 3.8) is 0 Å². The number of rotatable bonds is 2. The summed E-state index contributed by atoms with van der Waals surface area (Å²) in [5.41, 5.74) is 4.18. The highest BCUT2D eigenvalue weighted by Gasteiger charge is 2.23. The molecule has 2 aromatic rings. The summed E-state index contributed by atoms with van der Waals surface area (Å²) in [4.78, 5) is 13.9. The molecule has 0 saturated heterocycles. The second-order valence-electron chi connectivity index (χ2n) is 5.70. The van der Waals surface area contributed by atoms with E-state index >= 15 is 0 Å². The Hall–Kier alpha value is -2.34. The molecule has 0 unspecified atom stereocenters. The number of nitrogens with zero attached hydrogens (tertiary/aromatic N) is 1. The molecule has 1 aliphatic rings. The molecule has 0 atom stereocenters. The standard InChI is InChI=1S/C17H18N2O3S/c1-12(20)19-16-6-4-3-5-13(16)7-8-14-9-10-15(11-17(14)19)18-23(2,21)22/h3-6,9-11,18H,7-8H2,1-2H3. The molecule has 0 spiro atoms. The van der Waals surface area contributed by atoms with Gasteiger partial charge in [-0.05, 0) is 42.2 Å². The number of sulfonamides is 1. The van der Waals surface area contributed by atoms with Crippen molar-refractivity contribution in [2.45, 2.75) is 19.8 Å². The van der Waals surface area contributed by atoms with Gasteiger partial charge < -0.3 is 0 Å². The van der Waals surface area contributed by atoms with Crippen molar-refractivity contribution in [3.8, 4) is 0 Å². The summed E-state index contributed by atoms with van der Waals surface area (Å²) in [7, 11) is -3.36. The molecule has 0 fully saturated rings. The lowest BCUT2D eigenvalue weighted by molar-refractivity contribution is -0.115. The maximum absolute atomic E-state index is 12.3. The van der Waals surface area contributed by atoms with Gasteiger partial charge in [-0.2, -0.15) is 0 Å². The van der Waals surface area contributed by atoms with Gasteiger partial charge in [-0.3, -0.25) is 14.4 Å². The van der Waals surface area contributed by atoms with Gasteiger partial charge in [0.25, 0.3) is 0 Å². The second kappa shape index (κ2) is 5.70. The van der Waals surface area contributed by atoms with Gasteiger partial charge >= 0.3 is 0 Å². The number of para-hydroxylation sites is 1. The summed E-state index contributed by atoms with van der Waals surface area (Å²) in [6.07, 6.45) is 2.75. The predicted octanol–water partition coefficient (Wildman–Crippen LogP) is 2.84. The van der Waals surface area contributed by atoms with E-state index in [0.717, 1.165) is 41.6 Å². The molecule has 1 amide bonds. The fraction of sp³-hybridized carbons (Fsp3) is 0.235. The smallest absolute Gasteiger partial charge is 0.229 e. The van der Waals surface area contributed by atoms with Crippen LogP contribution in [0, 0.1) is 0 Å². The molecule has 2 aromatic carbocycles. The van der Waals surface area contributed by atoms with Crippen molar-refractivity contribution in [1.82, 2.24) is 0 Å². The number of hydrogen-bond donors (Lipinski definition) is 1. The summed E-state index contributed by atoms with van der Waals surface area (Å²) in [5.74, 6) is -0.0999. The molecular formula is C17H18N2O3S. The van der Waals surface area contributed by atoms with Crippen LogP contribution in [0.5, 0.6) is 0 Å². The van der Waals surface area contributed by atoms with Gasteiger partial charge in [0, 0.05) is 6.92 Å². The largest absolute Gasteiger partial charge is 0.284 e. The molecule has 0 saturated carbocycles. The molecule has 5 nitrogen and oxygen atoms in total. The maximum atomic E-state index is 12.3.